The first kappa shape index (κ1) is 9.23. The molecule has 16 heavy (non-hydrogen) atoms. The summed E-state index contributed by atoms with van der Waals surface area (Å²) in [4.78, 5) is 0. The molecule has 2 aromatic heterocycles. The molecule has 0 amide bonds. The minimum Gasteiger partial charge on any atom is -0.326 e. The Bertz CT molecular complexity index is 670. The van der Waals surface area contributed by atoms with Crippen LogP contribution in [0, 0.1) is 6.92 Å². The van der Waals surface area contributed by atoms with Gasteiger partial charge in [-0.3, -0.25) is 0 Å². The number of benzene rings is 1. The topological polar surface area (TPSA) is 69.1 Å². The number of aryl methyl sites for hydroxylation is 1. The van der Waals surface area contributed by atoms with E-state index in [0.29, 0.717) is 6.54 Å². The fourth-order valence-electron chi connectivity index (χ4n) is 1.94. The van der Waals surface area contributed by atoms with Crippen molar-refractivity contribution in [3.05, 3.63) is 35.4 Å². The number of hydrogen-bond acceptors (Lipinski definition) is 4. The molecule has 0 spiro atoms. The van der Waals surface area contributed by atoms with Crippen molar-refractivity contribution in [3.8, 4) is 0 Å². The molecule has 3 rings (SSSR count). The highest BCUT2D eigenvalue weighted by molar-refractivity contribution is 5.85. The van der Waals surface area contributed by atoms with Crippen LogP contribution in [-0.2, 0) is 6.54 Å². The SMILES string of the molecule is Cc1cc2nnnn2c2ccc(CN)cc12. The number of hydrogen-bond donors (Lipinski definition) is 1. The highest BCUT2D eigenvalue weighted by atomic mass is 15.5. The summed E-state index contributed by atoms with van der Waals surface area (Å²) < 4.78 is 1.74. The van der Waals surface area contributed by atoms with Gasteiger partial charge in [0.2, 0.25) is 0 Å². The zero-order valence-electron chi connectivity index (χ0n) is 8.88. The maximum atomic E-state index is 5.64. The van der Waals surface area contributed by atoms with Crippen molar-refractivity contribution < 1.29 is 0 Å². The largest absolute Gasteiger partial charge is 0.326 e. The molecule has 80 valence electrons. The van der Waals surface area contributed by atoms with Crippen LogP contribution < -0.4 is 5.73 Å². The second kappa shape index (κ2) is 3.24. The third-order valence-corrected chi connectivity index (χ3v) is 2.79. The zero-order valence-corrected chi connectivity index (χ0v) is 8.88. The van der Waals surface area contributed by atoms with Crippen LogP contribution in [0.3, 0.4) is 0 Å². The van der Waals surface area contributed by atoms with Gasteiger partial charge >= 0.3 is 0 Å². The molecule has 0 radical (unpaired) electrons. The Labute approximate surface area is 91.9 Å². The molecule has 0 saturated carbocycles. The molecule has 0 atom stereocenters. The normalized spacial score (nSPS) is 11.4. The summed E-state index contributed by atoms with van der Waals surface area (Å²) in [5.74, 6) is 0. The lowest BCUT2D eigenvalue weighted by atomic mass is 10.1. The molecule has 0 unspecified atom stereocenters. The van der Waals surface area contributed by atoms with Gasteiger partial charge in [0.05, 0.1) is 5.52 Å². The third kappa shape index (κ3) is 1.18. The Morgan fingerprint density at radius 2 is 2.19 bits per heavy atom. The Hall–Kier alpha value is -2.01. The van der Waals surface area contributed by atoms with Crippen molar-refractivity contribution in [1.29, 1.82) is 0 Å². The molecular weight excluding hydrogens is 202 g/mol. The second-order valence-corrected chi connectivity index (χ2v) is 3.83. The molecule has 2 heterocycles. The first-order valence-electron chi connectivity index (χ1n) is 5.10. The standard InChI is InChI=1S/C11H11N5/c1-7-4-11-13-14-15-16(11)10-3-2-8(6-12)5-9(7)10/h2-5H,6,12H2,1H3. The Balaban J connectivity index is 2.49. The maximum Gasteiger partial charge on any atom is 0.180 e. The molecule has 1 aromatic carbocycles. The highest BCUT2D eigenvalue weighted by Gasteiger charge is 2.06. The van der Waals surface area contributed by atoms with Crippen LogP contribution in [-0.4, -0.2) is 20.0 Å². The molecule has 5 nitrogen and oxygen atoms in total. The van der Waals surface area contributed by atoms with Crippen LogP contribution in [0.25, 0.3) is 16.6 Å². The fourth-order valence-corrected chi connectivity index (χ4v) is 1.94. The van der Waals surface area contributed by atoms with Crippen molar-refractivity contribution in [1.82, 2.24) is 20.0 Å². The summed E-state index contributed by atoms with van der Waals surface area (Å²) in [6.45, 7) is 2.60. The summed E-state index contributed by atoms with van der Waals surface area (Å²) in [5, 5.41) is 12.7. The average molecular weight is 213 g/mol. The predicted octanol–water partition coefficient (Wildman–Crippen LogP) is 1.04. The van der Waals surface area contributed by atoms with Crippen molar-refractivity contribution in [2.45, 2.75) is 13.5 Å². The lowest BCUT2D eigenvalue weighted by Gasteiger charge is -2.05. The number of rotatable bonds is 1. The van der Waals surface area contributed by atoms with Crippen molar-refractivity contribution in [3.63, 3.8) is 0 Å². The van der Waals surface area contributed by atoms with Gasteiger partial charge in [0.1, 0.15) is 0 Å². The number of nitrogens with zero attached hydrogens (tertiary/aromatic N) is 4. The van der Waals surface area contributed by atoms with Gasteiger partial charge in [-0.25, -0.2) is 0 Å². The van der Waals surface area contributed by atoms with Gasteiger partial charge in [0.25, 0.3) is 0 Å². The van der Waals surface area contributed by atoms with Crippen molar-refractivity contribution in [2.75, 3.05) is 0 Å². The minimum absolute atomic E-state index is 0.545. The van der Waals surface area contributed by atoms with Gasteiger partial charge in [-0.1, -0.05) is 6.07 Å². The van der Waals surface area contributed by atoms with Crippen molar-refractivity contribution in [2.24, 2.45) is 5.73 Å². The van der Waals surface area contributed by atoms with E-state index in [9.17, 15) is 0 Å². The summed E-state index contributed by atoms with van der Waals surface area (Å²) in [5.41, 5.74) is 9.69. The zero-order chi connectivity index (χ0) is 11.1. The van der Waals surface area contributed by atoms with Crippen LogP contribution in [0.15, 0.2) is 24.3 Å². The van der Waals surface area contributed by atoms with E-state index < -0.39 is 0 Å². The average Bonchev–Trinajstić information content (AvgIpc) is 2.77. The van der Waals surface area contributed by atoms with Gasteiger partial charge in [0, 0.05) is 11.9 Å². The van der Waals surface area contributed by atoms with Crippen LogP contribution in [0.2, 0.25) is 0 Å². The summed E-state index contributed by atoms with van der Waals surface area (Å²) in [6.07, 6.45) is 0. The number of tetrazole rings is 1. The summed E-state index contributed by atoms with van der Waals surface area (Å²) >= 11 is 0. The number of fused-ring (bicyclic) bond motifs is 3. The number of aromatic nitrogens is 4. The molecule has 5 heteroatoms. The number of nitrogens with two attached hydrogens (primary N) is 1. The maximum absolute atomic E-state index is 5.64. The third-order valence-electron chi connectivity index (χ3n) is 2.79. The van der Waals surface area contributed by atoms with Crippen LogP contribution in [0.5, 0.6) is 0 Å². The molecule has 0 aliphatic carbocycles. The van der Waals surface area contributed by atoms with Gasteiger partial charge in [0.15, 0.2) is 5.65 Å². The first-order chi connectivity index (χ1) is 7.79. The predicted molar refractivity (Wildman–Crippen MR) is 60.9 cm³/mol. The highest BCUT2D eigenvalue weighted by Crippen LogP contribution is 2.20. The van der Waals surface area contributed by atoms with E-state index in [4.69, 9.17) is 5.73 Å². The van der Waals surface area contributed by atoms with E-state index >= 15 is 0 Å². The van der Waals surface area contributed by atoms with Crippen LogP contribution in [0.1, 0.15) is 11.1 Å². The van der Waals surface area contributed by atoms with E-state index in [-0.39, 0.29) is 0 Å². The van der Waals surface area contributed by atoms with Gasteiger partial charge in [-0.05, 0) is 46.7 Å². The van der Waals surface area contributed by atoms with Gasteiger partial charge in [-0.2, -0.15) is 4.52 Å². The van der Waals surface area contributed by atoms with E-state index in [1.54, 1.807) is 4.52 Å². The molecule has 0 aliphatic rings. The summed E-state index contributed by atoms with van der Waals surface area (Å²) in [6, 6.07) is 8.07. The summed E-state index contributed by atoms with van der Waals surface area (Å²) in [7, 11) is 0. The molecule has 3 aromatic rings. The second-order valence-electron chi connectivity index (χ2n) is 3.83. The van der Waals surface area contributed by atoms with E-state index in [1.165, 1.54) is 0 Å². The molecule has 2 N–H and O–H groups in total. The Kier molecular flexibility index (Phi) is 1.87. The minimum atomic E-state index is 0.545. The monoisotopic (exact) mass is 213 g/mol. The smallest absolute Gasteiger partial charge is 0.180 e. The molecule has 0 aliphatic heterocycles. The fraction of sp³-hybridized carbons (Fsp3) is 0.182. The Morgan fingerprint density at radius 3 is 3.00 bits per heavy atom. The van der Waals surface area contributed by atoms with E-state index in [2.05, 4.69) is 28.5 Å². The molecule has 0 saturated heterocycles. The van der Waals surface area contributed by atoms with Gasteiger partial charge < -0.3 is 5.73 Å². The van der Waals surface area contributed by atoms with E-state index in [1.807, 2.05) is 18.2 Å². The van der Waals surface area contributed by atoms with Crippen LogP contribution in [0.4, 0.5) is 0 Å². The first-order valence-corrected chi connectivity index (χ1v) is 5.10. The van der Waals surface area contributed by atoms with E-state index in [0.717, 1.165) is 27.7 Å². The molecular formula is C11H11N5. The lowest BCUT2D eigenvalue weighted by Crippen LogP contribution is -1.98. The quantitative estimate of drug-likeness (QED) is 0.655. The molecule has 0 fully saturated rings. The lowest BCUT2D eigenvalue weighted by molar-refractivity contribution is 0.841. The number of pyridine rings is 1. The molecule has 0 bridgehead atoms. The Morgan fingerprint density at radius 1 is 1.31 bits per heavy atom. The van der Waals surface area contributed by atoms with Crippen molar-refractivity contribution >= 4 is 16.6 Å². The van der Waals surface area contributed by atoms with Crippen LogP contribution >= 0.6 is 0 Å². The van der Waals surface area contributed by atoms with Gasteiger partial charge in [-0.15, -0.1) is 5.10 Å².